The largest absolute Gasteiger partial charge is 0.493 e. The van der Waals surface area contributed by atoms with E-state index in [0.717, 1.165) is 36.4 Å². The third-order valence-corrected chi connectivity index (χ3v) is 5.22. The van der Waals surface area contributed by atoms with E-state index in [2.05, 4.69) is 14.9 Å². The van der Waals surface area contributed by atoms with E-state index in [1.165, 1.54) is 0 Å². The standard InChI is InChI=1S/C19H23N3O3/c1-24-16-4-2-3-14-9-15(10-25-17(14)16)18(23)21-11-19(5-6-19)12-22-8-7-20-13-22/h2-4,7-8,13,15H,5-6,9-12H2,1H3,(H,21,23)/t15-/m0/s1. The van der Waals surface area contributed by atoms with Crippen molar-refractivity contribution in [3.05, 3.63) is 42.5 Å². The van der Waals surface area contributed by atoms with Crippen LogP contribution < -0.4 is 14.8 Å². The van der Waals surface area contributed by atoms with E-state index in [1.807, 2.05) is 30.7 Å². The van der Waals surface area contributed by atoms with Gasteiger partial charge in [0.05, 0.1) is 19.4 Å². The second-order valence-corrected chi connectivity index (χ2v) is 7.11. The monoisotopic (exact) mass is 341 g/mol. The molecule has 1 aliphatic carbocycles. The SMILES string of the molecule is COc1cccc2c1OC[C@@H](C(=O)NCC1(Cn3ccnc3)CC1)C2. The maximum Gasteiger partial charge on any atom is 0.226 e. The van der Waals surface area contributed by atoms with Crippen LogP contribution in [0.2, 0.25) is 0 Å². The molecule has 1 aromatic carbocycles. The van der Waals surface area contributed by atoms with Gasteiger partial charge in [-0.15, -0.1) is 0 Å². The molecule has 2 heterocycles. The van der Waals surface area contributed by atoms with Crippen LogP contribution in [0.15, 0.2) is 36.9 Å². The number of carbonyl (C=O) groups excluding carboxylic acids is 1. The summed E-state index contributed by atoms with van der Waals surface area (Å²) in [6.45, 7) is 2.02. The quantitative estimate of drug-likeness (QED) is 0.873. The Kier molecular flexibility index (Phi) is 4.11. The van der Waals surface area contributed by atoms with Gasteiger partial charge in [-0.25, -0.2) is 4.98 Å². The van der Waals surface area contributed by atoms with Crippen molar-refractivity contribution in [3.63, 3.8) is 0 Å². The van der Waals surface area contributed by atoms with Crippen molar-refractivity contribution in [3.8, 4) is 11.5 Å². The fourth-order valence-corrected chi connectivity index (χ4v) is 3.48. The third kappa shape index (κ3) is 3.34. The highest BCUT2D eigenvalue weighted by Gasteiger charge is 2.43. The minimum absolute atomic E-state index is 0.0744. The Morgan fingerprint density at radius 3 is 3.08 bits per heavy atom. The molecule has 0 saturated heterocycles. The summed E-state index contributed by atoms with van der Waals surface area (Å²) in [6, 6.07) is 5.82. The average molecular weight is 341 g/mol. The number of imidazole rings is 1. The highest BCUT2D eigenvalue weighted by Crippen LogP contribution is 2.46. The molecule has 4 rings (SSSR count). The van der Waals surface area contributed by atoms with Crippen molar-refractivity contribution >= 4 is 5.91 Å². The number of amides is 1. The number of hydrogen-bond donors (Lipinski definition) is 1. The van der Waals surface area contributed by atoms with Gasteiger partial charge < -0.3 is 19.4 Å². The van der Waals surface area contributed by atoms with E-state index >= 15 is 0 Å². The predicted molar refractivity (Wildman–Crippen MR) is 92.6 cm³/mol. The first-order valence-electron chi connectivity index (χ1n) is 8.71. The summed E-state index contributed by atoms with van der Waals surface area (Å²) in [5.41, 5.74) is 1.22. The zero-order valence-corrected chi connectivity index (χ0v) is 14.4. The predicted octanol–water partition coefficient (Wildman–Crippen LogP) is 2.04. The smallest absolute Gasteiger partial charge is 0.226 e. The molecule has 6 nitrogen and oxygen atoms in total. The second kappa shape index (κ2) is 6.43. The summed E-state index contributed by atoms with van der Waals surface area (Å²) < 4.78 is 13.2. The lowest BCUT2D eigenvalue weighted by Crippen LogP contribution is -2.40. The third-order valence-electron chi connectivity index (χ3n) is 5.22. The van der Waals surface area contributed by atoms with E-state index in [1.54, 1.807) is 13.3 Å². The van der Waals surface area contributed by atoms with Gasteiger partial charge >= 0.3 is 0 Å². The molecule has 132 valence electrons. The molecule has 1 aromatic heterocycles. The lowest BCUT2D eigenvalue weighted by molar-refractivity contribution is -0.126. The second-order valence-electron chi connectivity index (χ2n) is 7.11. The molecule has 1 aliphatic heterocycles. The number of fused-ring (bicyclic) bond motifs is 1. The van der Waals surface area contributed by atoms with Crippen LogP contribution in [0, 0.1) is 11.3 Å². The number of ether oxygens (including phenoxy) is 2. The number of aromatic nitrogens is 2. The molecule has 1 fully saturated rings. The van der Waals surface area contributed by atoms with E-state index in [4.69, 9.17) is 9.47 Å². The normalized spacial score (nSPS) is 20.3. The van der Waals surface area contributed by atoms with Gasteiger partial charge in [-0.3, -0.25) is 4.79 Å². The van der Waals surface area contributed by atoms with Gasteiger partial charge in [0.25, 0.3) is 0 Å². The molecule has 2 aromatic rings. The number of rotatable bonds is 6. The van der Waals surface area contributed by atoms with Crippen molar-refractivity contribution in [2.75, 3.05) is 20.3 Å². The number of nitrogens with zero attached hydrogens (tertiary/aromatic N) is 2. The number of nitrogens with one attached hydrogen (secondary N) is 1. The lowest BCUT2D eigenvalue weighted by Gasteiger charge is -2.26. The molecule has 0 bridgehead atoms. The molecular formula is C19H23N3O3. The maximum absolute atomic E-state index is 12.6. The van der Waals surface area contributed by atoms with Crippen molar-refractivity contribution < 1.29 is 14.3 Å². The van der Waals surface area contributed by atoms with Crippen LogP contribution in [0.5, 0.6) is 11.5 Å². The van der Waals surface area contributed by atoms with Crippen LogP contribution in [0.3, 0.4) is 0 Å². The molecule has 1 N–H and O–H groups in total. The van der Waals surface area contributed by atoms with Crippen LogP contribution >= 0.6 is 0 Å². The highest BCUT2D eigenvalue weighted by molar-refractivity contribution is 5.79. The summed E-state index contributed by atoms with van der Waals surface area (Å²) in [5.74, 6) is 1.43. The minimum atomic E-state index is -0.149. The molecule has 0 unspecified atom stereocenters. The van der Waals surface area contributed by atoms with Gasteiger partial charge in [0, 0.05) is 30.9 Å². The summed E-state index contributed by atoms with van der Waals surface area (Å²) in [4.78, 5) is 16.7. The molecule has 25 heavy (non-hydrogen) atoms. The maximum atomic E-state index is 12.6. The van der Waals surface area contributed by atoms with Gasteiger partial charge in [-0.05, 0) is 30.9 Å². The van der Waals surface area contributed by atoms with Gasteiger partial charge in [-0.2, -0.15) is 0 Å². The van der Waals surface area contributed by atoms with Crippen molar-refractivity contribution in [1.82, 2.24) is 14.9 Å². The zero-order valence-electron chi connectivity index (χ0n) is 14.4. The van der Waals surface area contributed by atoms with E-state index < -0.39 is 0 Å². The molecular weight excluding hydrogens is 318 g/mol. The van der Waals surface area contributed by atoms with Crippen molar-refractivity contribution in [1.29, 1.82) is 0 Å². The Bertz CT molecular complexity index is 753. The Balaban J connectivity index is 1.34. The first kappa shape index (κ1) is 16.0. The molecule has 6 heteroatoms. The first-order chi connectivity index (χ1) is 12.2. The van der Waals surface area contributed by atoms with E-state index in [0.29, 0.717) is 19.6 Å². The van der Waals surface area contributed by atoms with Gasteiger partial charge in [-0.1, -0.05) is 12.1 Å². The van der Waals surface area contributed by atoms with Crippen molar-refractivity contribution in [2.45, 2.75) is 25.8 Å². The Morgan fingerprint density at radius 2 is 2.36 bits per heavy atom. The Labute approximate surface area is 147 Å². The van der Waals surface area contributed by atoms with Crippen LogP contribution in [-0.2, 0) is 17.8 Å². The highest BCUT2D eigenvalue weighted by atomic mass is 16.5. The van der Waals surface area contributed by atoms with Crippen LogP contribution in [0.1, 0.15) is 18.4 Å². The summed E-state index contributed by atoms with van der Waals surface area (Å²) in [7, 11) is 1.63. The summed E-state index contributed by atoms with van der Waals surface area (Å²) in [6.07, 6.45) is 8.58. The average Bonchev–Trinajstić information content (AvgIpc) is 3.21. The molecule has 1 atom stereocenters. The molecule has 0 spiro atoms. The number of para-hydroxylation sites is 1. The number of benzene rings is 1. The Hall–Kier alpha value is -2.50. The van der Waals surface area contributed by atoms with Gasteiger partial charge in [0.15, 0.2) is 11.5 Å². The van der Waals surface area contributed by atoms with Crippen LogP contribution in [0.25, 0.3) is 0 Å². The van der Waals surface area contributed by atoms with Crippen molar-refractivity contribution in [2.24, 2.45) is 11.3 Å². The van der Waals surface area contributed by atoms with Gasteiger partial charge in [0.2, 0.25) is 5.91 Å². The summed E-state index contributed by atoms with van der Waals surface area (Å²) in [5, 5.41) is 3.14. The van der Waals surface area contributed by atoms with E-state index in [-0.39, 0.29) is 17.2 Å². The van der Waals surface area contributed by atoms with Crippen LogP contribution in [-0.4, -0.2) is 35.7 Å². The topological polar surface area (TPSA) is 65.4 Å². The lowest BCUT2D eigenvalue weighted by atomic mass is 9.95. The van der Waals surface area contributed by atoms with E-state index in [9.17, 15) is 4.79 Å². The van der Waals surface area contributed by atoms with Gasteiger partial charge in [0.1, 0.15) is 6.61 Å². The fraction of sp³-hybridized carbons (Fsp3) is 0.474. The zero-order chi connectivity index (χ0) is 17.3. The molecule has 0 radical (unpaired) electrons. The Morgan fingerprint density at radius 1 is 1.48 bits per heavy atom. The fourth-order valence-electron chi connectivity index (χ4n) is 3.48. The number of methoxy groups -OCH3 is 1. The molecule has 2 aliphatic rings. The molecule has 1 saturated carbocycles. The van der Waals surface area contributed by atoms with Crippen LogP contribution in [0.4, 0.5) is 0 Å². The molecule has 1 amide bonds. The number of carbonyl (C=O) groups is 1. The summed E-state index contributed by atoms with van der Waals surface area (Å²) >= 11 is 0. The first-order valence-corrected chi connectivity index (χ1v) is 8.71. The minimum Gasteiger partial charge on any atom is -0.493 e. The number of hydrogen-bond acceptors (Lipinski definition) is 4.